The minimum absolute atomic E-state index is 0.608. The van der Waals surface area contributed by atoms with E-state index in [1.807, 2.05) is 24.3 Å². The average Bonchev–Trinajstić information content (AvgIpc) is 2.01. The molecule has 0 amide bonds. The highest BCUT2D eigenvalue weighted by atomic mass is 79.9. The maximum Gasteiger partial charge on any atom is 0.0976 e. The van der Waals surface area contributed by atoms with Crippen molar-refractivity contribution in [1.82, 2.24) is 0 Å². The standard InChI is InChI=1S/C10H12BrF/c1-8(12)5-6-9-3-2-4-10(11)7-9/h2-4,7-8H,5-6H2,1H3. The molecule has 0 saturated heterocycles. The summed E-state index contributed by atoms with van der Waals surface area (Å²) in [6.45, 7) is 1.60. The Morgan fingerprint density at radius 2 is 2.25 bits per heavy atom. The number of hydrogen-bond acceptors (Lipinski definition) is 0. The van der Waals surface area contributed by atoms with Gasteiger partial charge in [-0.15, -0.1) is 0 Å². The van der Waals surface area contributed by atoms with Gasteiger partial charge >= 0.3 is 0 Å². The second kappa shape index (κ2) is 4.61. The van der Waals surface area contributed by atoms with Crippen molar-refractivity contribution >= 4 is 15.9 Å². The third-order valence-corrected chi connectivity index (χ3v) is 2.21. The summed E-state index contributed by atoms with van der Waals surface area (Å²) in [6, 6.07) is 8.00. The molecule has 0 aromatic heterocycles. The van der Waals surface area contributed by atoms with Crippen molar-refractivity contribution in [1.29, 1.82) is 0 Å². The fourth-order valence-electron chi connectivity index (χ4n) is 1.06. The van der Waals surface area contributed by atoms with Crippen LogP contribution in [0.5, 0.6) is 0 Å². The van der Waals surface area contributed by atoms with Gasteiger partial charge in [-0.3, -0.25) is 0 Å². The molecule has 66 valence electrons. The minimum Gasteiger partial charge on any atom is -0.248 e. The number of rotatable bonds is 3. The molecule has 1 unspecified atom stereocenters. The van der Waals surface area contributed by atoms with Crippen LogP contribution < -0.4 is 0 Å². The third kappa shape index (κ3) is 3.35. The van der Waals surface area contributed by atoms with E-state index in [9.17, 15) is 4.39 Å². The van der Waals surface area contributed by atoms with Gasteiger partial charge in [0.1, 0.15) is 0 Å². The van der Waals surface area contributed by atoms with E-state index in [0.29, 0.717) is 6.42 Å². The quantitative estimate of drug-likeness (QED) is 0.743. The van der Waals surface area contributed by atoms with Crippen molar-refractivity contribution in [2.45, 2.75) is 25.9 Å². The van der Waals surface area contributed by atoms with Crippen LogP contribution in [0, 0.1) is 0 Å². The fourth-order valence-corrected chi connectivity index (χ4v) is 1.50. The molecule has 0 nitrogen and oxygen atoms in total. The maximum absolute atomic E-state index is 12.5. The summed E-state index contributed by atoms with van der Waals surface area (Å²) in [6.07, 6.45) is 0.720. The van der Waals surface area contributed by atoms with Gasteiger partial charge in [0.25, 0.3) is 0 Å². The van der Waals surface area contributed by atoms with E-state index < -0.39 is 6.17 Å². The van der Waals surface area contributed by atoms with Gasteiger partial charge in [0.05, 0.1) is 6.17 Å². The molecule has 0 spiro atoms. The first-order valence-electron chi connectivity index (χ1n) is 4.07. The van der Waals surface area contributed by atoms with Crippen LogP contribution in [-0.2, 0) is 6.42 Å². The lowest BCUT2D eigenvalue weighted by Crippen LogP contribution is -1.95. The molecule has 0 saturated carbocycles. The number of halogens is 2. The van der Waals surface area contributed by atoms with E-state index in [0.717, 1.165) is 10.9 Å². The van der Waals surface area contributed by atoms with Gasteiger partial charge < -0.3 is 0 Å². The average molecular weight is 231 g/mol. The van der Waals surface area contributed by atoms with Gasteiger partial charge in [0.2, 0.25) is 0 Å². The fraction of sp³-hybridized carbons (Fsp3) is 0.400. The second-order valence-corrected chi connectivity index (χ2v) is 3.87. The SMILES string of the molecule is CC(F)CCc1cccc(Br)c1. The molecular formula is C10H12BrF. The molecule has 1 aromatic rings. The van der Waals surface area contributed by atoms with Crippen molar-refractivity contribution in [2.75, 3.05) is 0 Å². The van der Waals surface area contributed by atoms with Crippen LogP contribution in [0.3, 0.4) is 0 Å². The molecule has 0 heterocycles. The Kier molecular flexibility index (Phi) is 3.73. The normalized spacial score (nSPS) is 12.9. The molecule has 1 aromatic carbocycles. The Bertz CT molecular complexity index is 245. The van der Waals surface area contributed by atoms with Crippen LogP contribution in [0.15, 0.2) is 28.7 Å². The first kappa shape index (κ1) is 9.72. The van der Waals surface area contributed by atoms with Gasteiger partial charge in [-0.1, -0.05) is 28.1 Å². The maximum atomic E-state index is 12.5. The van der Waals surface area contributed by atoms with Gasteiger partial charge in [-0.05, 0) is 37.5 Å². The van der Waals surface area contributed by atoms with Crippen LogP contribution in [0.1, 0.15) is 18.9 Å². The van der Waals surface area contributed by atoms with Crippen molar-refractivity contribution in [2.24, 2.45) is 0 Å². The molecular weight excluding hydrogens is 219 g/mol. The monoisotopic (exact) mass is 230 g/mol. The molecule has 12 heavy (non-hydrogen) atoms. The minimum atomic E-state index is -0.705. The summed E-state index contributed by atoms with van der Waals surface area (Å²) in [4.78, 5) is 0. The molecule has 0 aliphatic rings. The van der Waals surface area contributed by atoms with E-state index >= 15 is 0 Å². The van der Waals surface area contributed by atoms with Crippen molar-refractivity contribution in [3.05, 3.63) is 34.3 Å². The molecule has 0 aliphatic heterocycles. The summed E-state index contributed by atoms with van der Waals surface area (Å²) >= 11 is 3.38. The van der Waals surface area contributed by atoms with E-state index in [2.05, 4.69) is 15.9 Å². The number of aryl methyl sites for hydroxylation is 1. The smallest absolute Gasteiger partial charge is 0.0976 e. The zero-order valence-corrected chi connectivity index (χ0v) is 8.64. The van der Waals surface area contributed by atoms with E-state index in [1.165, 1.54) is 5.56 Å². The zero-order valence-electron chi connectivity index (χ0n) is 7.06. The first-order valence-corrected chi connectivity index (χ1v) is 4.86. The summed E-state index contributed by atoms with van der Waals surface area (Å²) in [5.74, 6) is 0. The lowest BCUT2D eigenvalue weighted by molar-refractivity contribution is 0.341. The summed E-state index contributed by atoms with van der Waals surface area (Å²) in [5, 5.41) is 0. The molecule has 0 bridgehead atoms. The summed E-state index contributed by atoms with van der Waals surface area (Å²) < 4.78 is 13.5. The van der Waals surface area contributed by atoms with Gasteiger partial charge in [-0.2, -0.15) is 0 Å². The van der Waals surface area contributed by atoms with Crippen LogP contribution in [0.25, 0.3) is 0 Å². The van der Waals surface area contributed by atoms with E-state index in [4.69, 9.17) is 0 Å². The van der Waals surface area contributed by atoms with Crippen LogP contribution in [-0.4, -0.2) is 6.17 Å². The van der Waals surface area contributed by atoms with Gasteiger partial charge in [0.15, 0.2) is 0 Å². The topological polar surface area (TPSA) is 0 Å². The van der Waals surface area contributed by atoms with Crippen LogP contribution >= 0.6 is 15.9 Å². The second-order valence-electron chi connectivity index (χ2n) is 2.95. The summed E-state index contributed by atoms with van der Waals surface area (Å²) in [5.41, 5.74) is 1.19. The number of hydrogen-bond donors (Lipinski definition) is 0. The Labute approximate surface area is 80.9 Å². The Balaban J connectivity index is 2.52. The van der Waals surface area contributed by atoms with Crippen molar-refractivity contribution < 1.29 is 4.39 Å². The Morgan fingerprint density at radius 1 is 1.50 bits per heavy atom. The highest BCUT2D eigenvalue weighted by Gasteiger charge is 1.99. The molecule has 0 fully saturated rings. The zero-order chi connectivity index (χ0) is 8.97. The van der Waals surface area contributed by atoms with Gasteiger partial charge in [-0.25, -0.2) is 4.39 Å². The van der Waals surface area contributed by atoms with E-state index in [1.54, 1.807) is 6.92 Å². The van der Waals surface area contributed by atoms with Gasteiger partial charge in [0, 0.05) is 4.47 Å². The number of alkyl halides is 1. The molecule has 0 radical (unpaired) electrons. The molecule has 1 atom stereocenters. The lowest BCUT2D eigenvalue weighted by atomic mass is 10.1. The predicted octanol–water partition coefficient (Wildman–Crippen LogP) is 3.74. The third-order valence-electron chi connectivity index (χ3n) is 1.72. The largest absolute Gasteiger partial charge is 0.248 e. The van der Waals surface area contributed by atoms with Crippen LogP contribution in [0.2, 0.25) is 0 Å². The Morgan fingerprint density at radius 3 is 2.83 bits per heavy atom. The molecule has 0 N–H and O–H groups in total. The van der Waals surface area contributed by atoms with Crippen molar-refractivity contribution in [3.8, 4) is 0 Å². The molecule has 1 rings (SSSR count). The molecule has 2 heteroatoms. The summed E-state index contributed by atoms with van der Waals surface area (Å²) in [7, 11) is 0. The van der Waals surface area contributed by atoms with Crippen LogP contribution in [0.4, 0.5) is 4.39 Å². The van der Waals surface area contributed by atoms with E-state index in [-0.39, 0.29) is 0 Å². The Hall–Kier alpha value is -0.370. The lowest BCUT2D eigenvalue weighted by Gasteiger charge is -2.02. The van der Waals surface area contributed by atoms with Crippen molar-refractivity contribution in [3.63, 3.8) is 0 Å². The highest BCUT2D eigenvalue weighted by molar-refractivity contribution is 9.10. The predicted molar refractivity (Wildman–Crippen MR) is 53.0 cm³/mol. The highest BCUT2D eigenvalue weighted by Crippen LogP contribution is 2.14. The number of benzene rings is 1. The molecule has 0 aliphatic carbocycles. The first-order chi connectivity index (χ1) is 5.68.